The maximum atomic E-state index is 12.5. The Morgan fingerprint density at radius 2 is 1.83 bits per heavy atom. The van der Waals surface area contributed by atoms with Crippen LogP contribution < -0.4 is 0 Å². The van der Waals surface area contributed by atoms with E-state index in [4.69, 9.17) is 0 Å². The van der Waals surface area contributed by atoms with Gasteiger partial charge in [-0.2, -0.15) is 0 Å². The Hall–Kier alpha value is -0.570. The van der Waals surface area contributed by atoms with Crippen LogP contribution in [0.1, 0.15) is 58.3 Å². The third-order valence-corrected chi connectivity index (χ3v) is 4.71. The summed E-state index contributed by atoms with van der Waals surface area (Å²) in [5.74, 6) is 1.36. The van der Waals surface area contributed by atoms with Gasteiger partial charge in [-0.25, -0.2) is 0 Å². The van der Waals surface area contributed by atoms with Gasteiger partial charge in [0.1, 0.15) is 0 Å². The van der Waals surface area contributed by atoms with E-state index in [2.05, 4.69) is 6.92 Å². The van der Waals surface area contributed by atoms with Crippen molar-refractivity contribution in [1.29, 1.82) is 0 Å². The summed E-state index contributed by atoms with van der Waals surface area (Å²) in [6.07, 6.45) is 8.73. The van der Waals surface area contributed by atoms with E-state index in [1.54, 1.807) is 0 Å². The second-order valence-corrected chi connectivity index (χ2v) is 6.05. The van der Waals surface area contributed by atoms with Crippen LogP contribution in [0.25, 0.3) is 0 Å². The van der Waals surface area contributed by atoms with Crippen molar-refractivity contribution in [3.05, 3.63) is 0 Å². The quantitative estimate of drug-likeness (QED) is 0.836. The van der Waals surface area contributed by atoms with Crippen molar-refractivity contribution >= 4 is 5.91 Å². The van der Waals surface area contributed by atoms with Crippen molar-refractivity contribution < 1.29 is 9.90 Å². The molecular formula is C15H27NO2. The minimum absolute atomic E-state index is 0.191. The van der Waals surface area contributed by atoms with Gasteiger partial charge in [-0.15, -0.1) is 0 Å². The highest BCUT2D eigenvalue weighted by molar-refractivity contribution is 5.78. The Morgan fingerprint density at radius 1 is 1.22 bits per heavy atom. The molecule has 0 spiro atoms. The zero-order valence-electron chi connectivity index (χ0n) is 11.6. The fourth-order valence-electron chi connectivity index (χ4n) is 3.43. The summed E-state index contributed by atoms with van der Waals surface area (Å²) in [7, 11) is 0. The molecule has 1 N–H and O–H groups in total. The van der Waals surface area contributed by atoms with Gasteiger partial charge < -0.3 is 10.0 Å². The topological polar surface area (TPSA) is 40.5 Å². The molecular weight excluding hydrogens is 226 g/mol. The molecule has 0 bridgehead atoms. The van der Waals surface area contributed by atoms with E-state index in [-0.39, 0.29) is 12.0 Å². The highest BCUT2D eigenvalue weighted by Gasteiger charge is 2.29. The molecule has 2 fully saturated rings. The SMILES string of the molecule is CCC(CC1CCCC1)C(=O)N1CCC(O)CC1. The first kappa shape index (κ1) is 13.9. The number of carbonyl (C=O) groups excluding carboxylic acids is 1. The van der Waals surface area contributed by atoms with Crippen molar-refractivity contribution in [2.45, 2.75) is 64.4 Å². The third-order valence-electron chi connectivity index (χ3n) is 4.71. The Balaban J connectivity index is 1.84. The first-order chi connectivity index (χ1) is 8.70. The van der Waals surface area contributed by atoms with E-state index in [0.29, 0.717) is 5.91 Å². The Morgan fingerprint density at radius 3 is 2.39 bits per heavy atom. The van der Waals surface area contributed by atoms with Crippen molar-refractivity contribution in [2.24, 2.45) is 11.8 Å². The molecule has 1 heterocycles. The standard InChI is InChI=1S/C15H27NO2/c1-2-13(11-12-5-3-4-6-12)15(18)16-9-7-14(17)8-10-16/h12-14,17H,2-11H2,1H3. The van der Waals surface area contributed by atoms with Crippen molar-refractivity contribution in [2.75, 3.05) is 13.1 Å². The maximum absolute atomic E-state index is 12.5. The van der Waals surface area contributed by atoms with Crippen LogP contribution in [-0.2, 0) is 4.79 Å². The minimum Gasteiger partial charge on any atom is -0.393 e. The van der Waals surface area contributed by atoms with Crippen molar-refractivity contribution in [1.82, 2.24) is 4.90 Å². The van der Waals surface area contributed by atoms with E-state index >= 15 is 0 Å². The molecule has 0 aromatic carbocycles. The predicted molar refractivity (Wildman–Crippen MR) is 72.2 cm³/mol. The van der Waals surface area contributed by atoms with E-state index in [1.165, 1.54) is 25.7 Å². The zero-order valence-corrected chi connectivity index (χ0v) is 11.6. The van der Waals surface area contributed by atoms with Gasteiger partial charge in [-0.3, -0.25) is 4.79 Å². The average molecular weight is 253 g/mol. The monoisotopic (exact) mass is 253 g/mol. The van der Waals surface area contributed by atoms with Crippen LogP contribution in [0.15, 0.2) is 0 Å². The third kappa shape index (κ3) is 3.47. The number of piperidine rings is 1. The minimum atomic E-state index is -0.191. The van der Waals surface area contributed by atoms with Gasteiger partial charge in [0.05, 0.1) is 6.10 Å². The number of rotatable bonds is 4. The molecule has 18 heavy (non-hydrogen) atoms. The van der Waals surface area contributed by atoms with Crippen LogP contribution >= 0.6 is 0 Å². The Bertz CT molecular complexity index is 266. The smallest absolute Gasteiger partial charge is 0.225 e. The molecule has 0 aromatic heterocycles. The fourth-order valence-corrected chi connectivity index (χ4v) is 3.43. The molecule has 1 aliphatic heterocycles. The van der Waals surface area contributed by atoms with Gasteiger partial charge >= 0.3 is 0 Å². The van der Waals surface area contributed by atoms with Crippen LogP contribution in [0.5, 0.6) is 0 Å². The molecule has 2 rings (SSSR count). The van der Waals surface area contributed by atoms with Gasteiger partial charge in [0.2, 0.25) is 5.91 Å². The van der Waals surface area contributed by atoms with Gasteiger partial charge in [0, 0.05) is 19.0 Å². The van der Waals surface area contributed by atoms with Crippen molar-refractivity contribution in [3.63, 3.8) is 0 Å². The van der Waals surface area contributed by atoms with Gasteiger partial charge in [-0.1, -0.05) is 32.6 Å². The number of nitrogens with zero attached hydrogens (tertiary/aromatic N) is 1. The van der Waals surface area contributed by atoms with Crippen LogP contribution in [0, 0.1) is 11.8 Å². The zero-order chi connectivity index (χ0) is 13.0. The summed E-state index contributed by atoms with van der Waals surface area (Å²) in [6, 6.07) is 0. The number of hydrogen-bond acceptors (Lipinski definition) is 2. The molecule has 1 atom stereocenters. The molecule has 1 aliphatic carbocycles. The molecule has 1 amide bonds. The second kappa shape index (κ2) is 6.55. The van der Waals surface area contributed by atoms with E-state index in [0.717, 1.165) is 44.7 Å². The molecule has 0 radical (unpaired) electrons. The van der Waals surface area contributed by atoms with E-state index < -0.39 is 0 Å². The first-order valence-electron chi connectivity index (χ1n) is 7.67. The van der Waals surface area contributed by atoms with Gasteiger partial charge in [-0.05, 0) is 31.6 Å². The normalized spacial score (nSPS) is 24.4. The van der Waals surface area contributed by atoms with Crippen molar-refractivity contribution in [3.8, 4) is 0 Å². The van der Waals surface area contributed by atoms with Gasteiger partial charge in [0.25, 0.3) is 0 Å². The summed E-state index contributed by atoms with van der Waals surface area (Å²) in [5, 5.41) is 9.50. The molecule has 3 nitrogen and oxygen atoms in total. The van der Waals surface area contributed by atoms with E-state index in [9.17, 15) is 9.90 Å². The second-order valence-electron chi connectivity index (χ2n) is 6.05. The molecule has 1 saturated carbocycles. The lowest BCUT2D eigenvalue weighted by atomic mass is 9.90. The Labute approximate surface area is 111 Å². The summed E-state index contributed by atoms with van der Waals surface area (Å²) < 4.78 is 0. The van der Waals surface area contributed by atoms with Gasteiger partial charge in [0.15, 0.2) is 0 Å². The fraction of sp³-hybridized carbons (Fsp3) is 0.933. The van der Waals surface area contributed by atoms with Crippen LogP contribution in [0.2, 0.25) is 0 Å². The van der Waals surface area contributed by atoms with Crippen LogP contribution in [-0.4, -0.2) is 35.1 Å². The number of carbonyl (C=O) groups is 1. The largest absolute Gasteiger partial charge is 0.393 e. The summed E-state index contributed by atoms with van der Waals surface area (Å²) >= 11 is 0. The average Bonchev–Trinajstić information content (AvgIpc) is 2.89. The Kier molecular flexibility index (Phi) is 5.04. The number of likely N-dealkylation sites (tertiary alicyclic amines) is 1. The summed E-state index contributed by atoms with van der Waals surface area (Å²) in [4.78, 5) is 14.5. The first-order valence-corrected chi connectivity index (χ1v) is 7.67. The van der Waals surface area contributed by atoms with Crippen LogP contribution in [0.3, 0.4) is 0 Å². The molecule has 104 valence electrons. The highest BCUT2D eigenvalue weighted by Crippen LogP contribution is 2.32. The lowest BCUT2D eigenvalue weighted by Gasteiger charge is -2.33. The predicted octanol–water partition coefficient (Wildman–Crippen LogP) is 2.58. The molecule has 1 unspecified atom stereocenters. The molecule has 1 saturated heterocycles. The number of hydrogen-bond donors (Lipinski definition) is 1. The summed E-state index contributed by atoms with van der Waals surface area (Å²) in [6.45, 7) is 3.64. The van der Waals surface area contributed by atoms with Crippen LogP contribution in [0.4, 0.5) is 0 Å². The lowest BCUT2D eigenvalue weighted by molar-refractivity contribution is -0.138. The molecule has 0 aromatic rings. The summed E-state index contributed by atoms with van der Waals surface area (Å²) in [5.41, 5.74) is 0. The molecule has 3 heteroatoms. The molecule has 2 aliphatic rings. The lowest BCUT2D eigenvalue weighted by Crippen LogP contribution is -2.43. The number of aliphatic hydroxyl groups is 1. The number of amides is 1. The number of aliphatic hydroxyl groups excluding tert-OH is 1. The maximum Gasteiger partial charge on any atom is 0.225 e. The van der Waals surface area contributed by atoms with E-state index in [1.807, 2.05) is 4.90 Å². The highest BCUT2D eigenvalue weighted by atomic mass is 16.3.